The summed E-state index contributed by atoms with van der Waals surface area (Å²) in [5, 5.41) is 8.55. The first-order chi connectivity index (χ1) is 16.9. The van der Waals surface area contributed by atoms with Crippen LogP contribution in [-0.4, -0.2) is 40.0 Å². The van der Waals surface area contributed by atoms with Crippen LogP contribution in [0.5, 0.6) is 0 Å². The van der Waals surface area contributed by atoms with Crippen molar-refractivity contribution in [1.29, 1.82) is 0 Å². The van der Waals surface area contributed by atoms with E-state index < -0.39 is 36.0 Å². The zero-order valence-electron chi connectivity index (χ0n) is 19.2. The summed E-state index contributed by atoms with van der Waals surface area (Å²) in [6, 6.07) is 11.8. The number of aryl methyl sites for hydroxylation is 2. The number of hydrogen-bond acceptors (Lipinski definition) is 6. The van der Waals surface area contributed by atoms with Crippen LogP contribution >= 0.6 is 0 Å². The van der Waals surface area contributed by atoms with Crippen molar-refractivity contribution in [2.45, 2.75) is 44.2 Å². The molecular weight excluding hydrogens is 448 g/mol. The molecule has 178 valence electrons. The number of amides is 4. The van der Waals surface area contributed by atoms with Crippen LogP contribution in [-0.2, 0) is 28.0 Å². The number of fused-ring (bicyclic) bond motifs is 1. The first kappa shape index (κ1) is 21.4. The quantitative estimate of drug-likeness (QED) is 0.572. The molecule has 6 rings (SSSR count). The van der Waals surface area contributed by atoms with Gasteiger partial charge in [-0.15, -0.1) is 0 Å². The molecule has 0 radical (unpaired) electrons. The van der Waals surface area contributed by atoms with Crippen molar-refractivity contribution in [3.8, 4) is 0 Å². The molecule has 9 heteroatoms. The molecule has 3 aromatic rings. The summed E-state index contributed by atoms with van der Waals surface area (Å²) in [6.07, 6.45) is 6.53. The lowest BCUT2D eigenvalue weighted by molar-refractivity contribution is -0.140. The van der Waals surface area contributed by atoms with Crippen molar-refractivity contribution in [1.82, 2.24) is 15.2 Å². The second-order valence-electron chi connectivity index (χ2n) is 9.28. The lowest BCUT2D eigenvalue weighted by atomic mass is 9.89. The second-order valence-corrected chi connectivity index (χ2v) is 9.28. The van der Waals surface area contributed by atoms with Gasteiger partial charge in [-0.25, -0.2) is 9.80 Å². The molecule has 1 N–H and O–H groups in total. The molecule has 2 unspecified atom stereocenters. The van der Waals surface area contributed by atoms with Gasteiger partial charge in [-0.3, -0.25) is 14.5 Å². The molecule has 2 atom stereocenters. The molecule has 3 aliphatic rings. The van der Waals surface area contributed by atoms with Crippen LogP contribution in [0.3, 0.4) is 0 Å². The molecule has 1 aliphatic carbocycles. The Kier molecular flexibility index (Phi) is 4.87. The largest absolute Gasteiger partial charge is 0.467 e. The molecule has 2 aliphatic heterocycles. The van der Waals surface area contributed by atoms with E-state index in [2.05, 4.69) is 10.4 Å². The fraction of sp³-hybridized carbons (Fsp3) is 0.308. The maximum atomic E-state index is 13.5. The lowest BCUT2D eigenvalue weighted by Gasteiger charge is -2.24. The van der Waals surface area contributed by atoms with Gasteiger partial charge in [-0.05, 0) is 67.1 Å². The van der Waals surface area contributed by atoms with Gasteiger partial charge in [0, 0.05) is 6.42 Å². The molecule has 1 aromatic carbocycles. The third-order valence-corrected chi connectivity index (χ3v) is 7.09. The Balaban J connectivity index is 1.26. The standard InChI is InChI=1S/C26H24N4O5/c1-26(18-10-9-16-5-2-6-17(16)13-18)24(32)29(25(33)27-26)15-23(31)30-20(22-8-4-12-35-22)14-19(28-30)21-7-3-11-34-21/h3-4,7-13,20H,2,5-6,14-15H2,1H3,(H,27,33). The second kappa shape index (κ2) is 7.97. The Labute approximate surface area is 201 Å². The van der Waals surface area contributed by atoms with Gasteiger partial charge in [0.15, 0.2) is 0 Å². The molecule has 2 aromatic heterocycles. The van der Waals surface area contributed by atoms with E-state index in [0.717, 1.165) is 29.7 Å². The summed E-state index contributed by atoms with van der Waals surface area (Å²) in [4.78, 5) is 40.7. The molecule has 4 amide bonds. The van der Waals surface area contributed by atoms with Crippen molar-refractivity contribution < 1.29 is 23.2 Å². The van der Waals surface area contributed by atoms with Crippen LogP contribution in [0.15, 0.2) is 68.9 Å². The average molecular weight is 473 g/mol. The Morgan fingerprint density at radius 2 is 1.91 bits per heavy atom. The molecular formula is C26H24N4O5. The van der Waals surface area contributed by atoms with Gasteiger partial charge in [0.05, 0.1) is 12.5 Å². The fourth-order valence-electron chi connectivity index (χ4n) is 5.16. The van der Waals surface area contributed by atoms with E-state index in [4.69, 9.17) is 8.83 Å². The van der Waals surface area contributed by atoms with Crippen LogP contribution < -0.4 is 5.32 Å². The maximum absolute atomic E-state index is 13.5. The van der Waals surface area contributed by atoms with Crippen LogP contribution in [0, 0.1) is 0 Å². The van der Waals surface area contributed by atoms with Crippen molar-refractivity contribution in [2.24, 2.45) is 5.10 Å². The van der Waals surface area contributed by atoms with Crippen LogP contribution in [0.4, 0.5) is 4.79 Å². The molecule has 35 heavy (non-hydrogen) atoms. The summed E-state index contributed by atoms with van der Waals surface area (Å²) in [5.41, 5.74) is 2.56. The molecule has 0 saturated carbocycles. The Morgan fingerprint density at radius 3 is 2.69 bits per heavy atom. The number of urea groups is 1. The maximum Gasteiger partial charge on any atom is 0.325 e. The van der Waals surface area contributed by atoms with Crippen LogP contribution in [0.25, 0.3) is 0 Å². The summed E-state index contributed by atoms with van der Waals surface area (Å²) in [7, 11) is 0. The SMILES string of the molecule is CC1(c2ccc3c(c2)CCC3)NC(=O)N(CC(=O)N2N=C(c3ccco3)CC2c2ccco2)C1=O. The minimum atomic E-state index is -1.23. The Bertz CT molecular complexity index is 1340. The number of imide groups is 1. The number of nitrogens with zero attached hydrogens (tertiary/aromatic N) is 3. The van der Waals surface area contributed by atoms with Crippen molar-refractivity contribution in [3.05, 3.63) is 83.2 Å². The van der Waals surface area contributed by atoms with Gasteiger partial charge >= 0.3 is 6.03 Å². The summed E-state index contributed by atoms with van der Waals surface area (Å²) >= 11 is 0. The highest BCUT2D eigenvalue weighted by Gasteiger charge is 2.50. The minimum Gasteiger partial charge on any atom is -0.467 e. The van der Waals surface area contributed by atoms with E-state index >= 15 is 0 Å². The number of carbonyl (C=O) groups is 3. The van der Waals surface area contributed by atoms with Gasteiger partial charge in [-0.2, -0.15) is 5.10 Å². The van der Waals surface area contributed by atoms with E-state index in [-0.39, 0.29) is 0 Å². The third kappa shape index (κ3) is 3.46. The minimum absolute atomic E-state index is 0.389. The predicted molar refractivity (Wildman–Crippen MR) is 124 cm³/mol. The highest BCUT2D eigenvalue weighted by atomic mass is 16.3. The van der Waals surface area contributed by atoms with E-state index in [9.17, 15) is 14.4 Å². The zero-order chi connectivity index (χ0) is 24.2. The van der Waals surface area contributed by atoms with Gasteiger partial charge in [-0.1, -0.05) is 18.2 Å². The number of carbonyl (C=O) groups excluding carboxylic acids is 3. The van der Waals surface area contributed by atoms with Crippen LogP contribution in [0.2, 0.25) is 0 Å². The number of benzene rings is 1. The van der Waals surface area contributed by atoms with Crippen molar-refractivity contribution >= 4 is 23.6 Å². The topological polar surface area (TPSA) is 108 Å². The number of nitrogens with one attached hydrogen (secondary N) is 1. The van der Waals surface area contributed by atoms with E-state index in [1.807, 2.05) is 18.2 Å². The van der Waals surface area contributed by atoms with Gasteiger partial charge in [0.2, 0.25) is 0 Å². The van der Waals surface area contributed by atoms with E-state index in [1.165, 1.54) is 28.7 Å². The van der Waals surface area contributed by atoms with Crippen LogP contribution in [0.1, 0.15) is 54.0 Å². The Morgan fingerprint density at radius 1 is 1.11 bits per heavy atom. The normalized spacial score (nSPS) is 23.6. The predicted octanol–water partition coefficient (Wildman–Crippen LogP) is 3.51. The van der Waals surface area contributed by atoms with Gasteiger partial charge in [0.1, 0.15) is 35.4 Å². The average Bonchev–Trinajstić information content (AvgIpc) is 3.67. The molecule has 9 nitrogen and oxygen atoms in total. The molecule has 0 spiro atoms. The summed E-state index contributed by atoms with van der Waals surface area (Å²) in [6.45, 7) is 1.25. The first-order valence-electron chi connectivity index (χ1n) is 11.7. The van der Waals surface area contributed by atoms with Gasteiger partial charge < -0.3 is 14.2 Å². The highest BCUT2D eigenvalue weighted by Crippen LogP contribution is 2.35. The molecule has 1 fully saturated rings. The molecule has 1 saturated heterocycles. The first-order valence-corrected chi connectivity index (χ1v) is 11.7. The summed E-state index contributed by atoms with van der Waals surface area (Å²) < 4.78 is 11.0. The highest BCUT2D eigenvalue weighted by molar-refractivity contribution is 6.09. The monoisotopic (exact) mass is 472 g/mol. The lowest BCUT2D eigenvalue weighted by Crippen LogP contribution is -2.43. The van der Waals surface area contributed by atoms with Crippen molar-refractivity contribution in [2.75, 3.05) is 6.54 Å². The smallest absolute Gasteiger partial charge is 0.325 e. The van der Waals surface area contributed by atoms with E-state index in [0.29, 0.717) is 23.7 Å². The Hall–Kier alpha value is -4.14. The summed E-state index contributed by atoms with van der Waals surface area (Å²) in [5.74, 6) is 0.160. The molecule has 4 heterocycles. The molecule has 0 bridgehead atoms. The fourth-order valence-corrected chi connectivity index (χ4v) is 5.16. The third-order valence-electron chi connectivity index (χ3n) is 7.09. The number of hydrazone groups is 1. The number of rotatable bonds is 5. The zero-order valence-corrected chi connectivity index (χ0v) is 19.2. The van der Waals surface area contributed by atoms with Crippen molar-refractivity contribution in [3.63, 3.8) is 0 Å². The number of furan rings is 2. The number of hydrogen-bond donors (Lipinski definition) is 1. The van der Waals surface area contributed by atoms with Gasteiger partial charge in [0.25, 0.3) is 11.8 Å². The van der Waals surface area contributed by atoms with E-state index in [1.54, 1.807) is 31.2 Å².